The Morgan fingerprint density at radius 3 is 1.48 bits per heavy atom. The average Bonchev–Trinajstić information content (AvgIpc) is 2.92. The summed E-state index contributed by atoms with van der Waals surface area (Å²) in [4.78, 5) is 23.2. The third-order valence-electron chi connectivity index (χ3n) is 5.97. The highest BCUT2D eigenvalue weighted by Gasteiger charge is 2.14. The number of phenols is 2. The highest BCUT2D eigenvalue weighted by atomic mass is 16.6. The van der Waals surface area contributed by atoms with Crippen LogP contribution >= 0.6 is 0 Å². The van der Waals surface area contributed by atoms with Crippen molar-refractivity contribution in [1.82, 2.24) is 10.6 Å². The molecule has 40 heavy (non-hydrogen) atoms. The highest BCUT2D eigenvalue weighted by molar-refractivity contribution is 5.87. The smallest absolute Gasteiger partial charge is 0.411 e. The van der Waals surface area contributed by atoms with Crippen molar-refractivity contribution >= 4 is 23.6 Å². The highest BCUT2D eigenvalue weighted by Crippen LogP contribution is 2.28. The fourth-order valence-corrected chi connectivity index (χ4v) is 3.84. The van der Waals surface area contributed by atoms with Gasteiger partial charge in [-0.15, -0.1) is 0 Å². The molecule has 0 aliphatic carbocycles. The Balaban J connectivity index is 1.59. The van der Waals surface area contributed by atoms with Gasteiger partial charge < -0.3 is 40.5 Å². The first kappa shape index (κ1) is 32.6. The number of benzene rings is 2. The molecular weight excluding hydrogens is 520 g/mol. The van der Waals surface area contributed by atoms with E-state index in [1.54, 1.807) is 26.0 Å². The van der Waals surface area contributed by atoms with Gasteiger partial charge in [0.2, 0.25) is 0 Å². The molecule has 0 heterocycles. The van der Waals surface area contributed by atoms with E-state index in [4.69, 9.17) is 9.47 Å². The second-order valence-corrected chi connectivity index (χ2v) is 9.10. The number of anilines is 2. The number of hydrogen-bond donors (Lipinski definition) is 8. The van der Waals surface area contributed by atoms with Crippen molar-refractivity contribution in [3.05, 3.63) is 47.5 Å². The van der Waals surface area contributed by atoms with E-state index in [1.165, 1.54) is 24.3 Å². The topological polar surface area (TPSA) is 182 Å². The number of phenolic OH excluding ortho intramolecular Hbond substituents is 2. The number of ether oxygens (including phenoxy) is 2. The Bertz CT molecular complexity index is 985. The van der Waals surface area contributed by atoms with Crippen LogP contribution in [-0.2, 0) is 9.47 Å². The molecule has 0 spiro atoms. The minimum Gasteiger partial charge on any atom is -0.506 e. The predicted molar refractivity (Wildman–Crippen MR) is 152 cm³/mol. The van der Waals surface area contributed by atoms with Gasteiger partial charge in [-0.3, -0.25) is 10.6 Å². The molecule has 12 heteroatoms. The van der Waals surface area contributed by atoms with Crippen molar-refractivity contribution in [2.24, 2.45) is 0 Å². The van der Waals surface area contributed by atoms with Gasteiger partial charge in [0.25, 0.3) is 0 Å². The summed E-state index contributed by atoms with van der Waals surface area (Å²) in [5.74, 6) is -0.224. The van der Waals surface area contributed by atoms with Crippen LogP contribution in [0.3, 0.4) is 0 Å². The maximum Gasteiger partial charge on any atom is 0.411 e. The van der Waals surface area contributed by atoms with Gasteiger partial charge in [-0.2, -0.15) is 0 Å². The average molecular weight is 563 g/mol. The lowest BCUT2D eigenvalue weighted by Gasteiger charge is -2.15. The molecule has 0 bridgehead atoms. The Morgan fingerprint density at radius 2 is 1.10 bits per heavy atom. The summed E-state index contributed by atoms with van der Waals surface area (Å²) < 4.78 is 9.63. The number of carbonyl (C=O) groups is 2. The standard InChI is InChI=1S/C28H42N4O8/c1-3-39-27(37)31-21-15-19(9-11-23(21)33)25(35)17-29-13-7-5-6-8-14-30-18-26(36)20-10-12-24(34)22(16-20)32-28(38)40-4-2/h9-12,15-16,25-26,29-30,33-36H,3-8,13-14,17-18H2,1-2H3,(H,31,37)(H,32,38). The number of carbonyl (C=O) groups excluding carboxylic acids is 2. The third-order valence-corrected chi connectivity index (χ3v) is 5.97. The number of amides is 2. The van der Waals surface area contributed by atoms with Gasteiger partial charge in [-0.1, -0.05) is 25.0 Å². The molecule has 0 radical (unpaired) electrons. The summed E-state index contributed by atoms with van der Waals surface area (Å²) >= 11 is 0. The number of aliphatic hydroxyl groups excluding tert-OH is 2. The van der Waals surface area contributed by atoms with Crippen molar-refractivity contribution in [3.63, 3.8) is 0 Å². The SMILES string of the molecule is CCOC(=O)Nc1cc(C(O)CNCCCCCCNCC(O)c2ccc(O)c(NC(=O)OCC)c2)ccc1O. The minimum atomic E-state index is -0.801. The lowest BCUT2D eigenvalue weighted by atomic mass is 10.1. The fraction of sp³-hybridized carbons (Fsp3) is 0.500. The number of rotatable bonds is 17. The van der Waals surface area contributed by atoms with E-state index in [2.05, 4.69) is 21.3 Å². The number of aromatic hydroxyl groups is 2. The van der Waals surface area contributed by atoms with Gasteiger partial charge in [-0.25, -0.2) is 9.59 Å². The van der Waals surface area contributed by atoms with E-state index in [0.29, 0.717) is 24.2 Å². The number of aliphatic hydroxyl groups is 2. The molecule has 222 valence electrons. The van der Waals surface area contributed by atoms with E-state index >= 15 is 0 Å². The summed E-state index contributed by atoms with van der Waals surface area (Å²) in [6, 6.07) is 9.07. The van der Waals surface area contributed by atoms with E-state index in [-0.39, 0.29) is 36.1 Å². The molecule has 12 nitrogen and oxygen atoms in total. The monoisotopic (exact) mass is 562 g/mol. The summed E-state index contributed by atoms with van der Waals surface area (Å²) in [5.41, 5.74) is 1.47. The summed E-state index contributed by atoms with van der Waals surface area (Å²) in [6.07, 6.45) is 0.918. The molecule has 2 atom stereocenters. The molecule has 0 aliphatic rings. The van der Waals surface area contributed by atoms with Crippen molar-refractivity contribution in [3.8, 4) is 11.5 Å². The number of nitrogens with one attached hydrogen (secondary N) is 4. The Morgan fingerprint density at radius 1 is 0.700 bits per heavy atom. The van der Waals surface area contributed by atoms with Crippen LogP contribution in [0.1, 0.15) is 62.9 Å². The van der Waals surface area contributed by atoms with E-state index < -0.39 is 24.4 Å². The lowest BCUT2D eigenvalue weighted by molar-refractivity contribution is 0.166. The molecule has 0 saturated heterocycles. The van der Waals surface area contributed by atoms with Crippen molar-refractivity contribution in [2.45, 2.75) is 51.7 Å². The number of hydrogen-bond acceptors (Lipinski definition) is 10. The molecule has 2 amide bonds. The van der Waals surface area contributed by atoms with Crippen molar-refractivity contribution in [2.75, 3.05) is 50.0 Å². The van der Waals surface area contributed by atoms with Crippen LogP contribution in [0, 0.1) is 0 Å². The zero-order chi connectivity index (χ0) is 29.3. The molecule has 0 aliphatic heterocycles. The van der Waals surface area contributed by atoms with Gasteiger partial charge in [0.05, 0.1) is 36.8 Å². The maximum absolute atomic E-state index is 11.6. The molecule has 2 aromatic rings. The van der Waals surface area contributed by atoms with Crippen molar-refractivity contribution in [1.29, 1.82) is 0 Å². The van der Waals surface area contributed by atoms with Crippen molar-refractivity contribution < 1.29 is 39.5 Å². The second-order valence-electron chi connectivity index (χ2n) is 9.10. The normalized spacial score (nSPS) is 12.4. The van der Waals surface area contributed by atoms with Crippen LogP contribution in [-0.4, -0.2) is 72.0 Å². The van der Waals surface area contributed by atoms with E-state index in [0.717, 1.165) is 38.8 Å². The van der Waals surface area contributed by atoms with Crippen LogP contribution < -0.4 is 21.3 Å². The predicted octanol–water partition coefficient (Wildman–Crippen LogP) is 3.74. The fourth-order valence-electron chi connectivity index (χ4n) is 3.84. The lowest BCUT2D eigenvalue weighted by Crippen LogP contribution is -2.23. The van der Waals surface area contributed by atoms with Gasteiger partial charge in [0.1, 0.15) is 11.5 Å². The zero-order valence-corrected chi connectivity index (χ0v) is 23.1. The van der Waals surface area contributed by atoms with Crippen LogP contribution in [0.25, 0.3) is 0 Å². The molecule has 0 aromatic heterocycles. The molecule has 2 aromatic carbocycles. The molecule has 2 unspecified atom stereocenters. The molecule has 0 fully saturated rings. The molecule has 8 N–H and O–H groups in total. The first-order valence-electron chi connectivity index (χ1n) is 13.6. The Kier molecular flexibility index (Phi) is 14.6. The van der Waals surface area contributed by atoms with Crippen LogP contribution in [0.4, 0.5) is 21.0 Å². The molecule has 0 saturated carbocycles. The Hall–Kier alpha value is -3.58. The van der Waals surface area contributed by atoms with Crippen LogP contribution in [0.15, 0.2) is 36.4 Å². The van der Waals surface area contributed by atoms with Gasteiger partial charge >= 0.3 is 12.2 Å². The zero-order valence-electron chi connectivity index (χ0n) is 23.1. The summed E-state index contributed by atoms with van der Waals surface area (Å²) in [7, 11) is 0. The molecule has 2 rings (SSSR count). The Labute approximate surface area is 234 Å². The first-order chi connectivity index (χ1) is 19.2. The first-order valence-corrected chi connectivity index (χ1v) is 13.6. The van der Waals surface area contributed by atoms with Gasteiger partial charge in [-0.05, 0) is 75.2 Å². The quantitative estimate of drug-likeness (QED) is 0.104. The molecular formula is C28H42N4O8. The second kappa shape index (κ2) is 17.9. The number of unbranched alkanes of at least 4 members (excludes halogenated alkanes) is 3. The summed E-state index contributed by atoms with van der Waals surface area (Å²) in [5, 5.41) is 52.0. The maximum atomic E-state index is 11.6. The largest absolute Gasteiger partial charge is 0.506 e. The van der Waals surface area contributed by atoms with Crippen LogP contribution in [0.2, 0.25) is 0 Å². The van der Waals surface area contributed by atoms with E-state index in [1.807, 2.05) is 0 Å². The third kappa shape index (κ3) is 11.7. The minimum absolute atomic E-state index is 0.112. The van der Waals surface area contributed by atoms with Crippen LogP contribution in [0.5, 0.6) is 11.5 Å². The van der Waals surface area contributed by atoms with E-state index in [9.17, 15) is 30.0 Å². The van der Waals surface area contributed by atoms with Gasteiger partial charge in [0.15, 0.2) is 0 Å². The summed E-state index contributed by atoms with van der Waals surface area (Å²) in [6.45, 7) is 5.91. The van der Waals surface area contributed by atoms with Gasteiger partial charge in [0, 0.05) is 13.1 Å².